The molecular formula is C12H17ClN2O. The average molecular weight is 241 g/mol. The van der Waals surface area contributed by atoms with Gasteiger partial charge >= 0.3 is 0 Å². The third-order valence-corrected chi connectivity index (χ3v) is 3.30. The van der Waals surface area contributed by atoms with Crippen LogP contribution in [-0.2, 0) is 0 Å². The molecule has 0 aliphatic heterocycles. The van der Waals surface area contributed by atoms with Crippen LogP contribution in [-0.4, -0.2) is 22.3 Å². The van der Waals surface area contributed by atoms with Gasteiger partial charge in [-0.3, -0.25) is 9.78 Å². The second-order valence-electron chi connectivity index (χ2n) is 4.17. The number of amides is 1. The van der Waals surface area contributed by atoms with Gasteiger partial charge in [-0.2, -0.15) is 0 Å². The zero-order valence-corrected chi connectivity index (χ0v) is 10.6. The molecule has 1 rings (SSSR count). The van der Waals surface area contributed by atoms with Crippen molar-refractivity contribution in [2.24, 2.45) is 0 Å². The van der Waals surface area contributed by atoms with E-state index < -0.39 is 0 Å². The van der Waals surface area contributed by atoms with Crippen LogP contribution in [0.3, 0.4) is 0 Å². The Kier molecular flexibility index (Phi) is 4.30. The first-order valence-electron chi connectivity index (χ1n) is 5.32. The minimum Gasteiger partial charge on any atom is -0.344 e. The fourth-order valence-electron chi connectivity index (χ4n) is 1.27. The number of pyridine rings is 1. The third kappa shape index (κ3) is 2.95. The molecule has 0 fully saturated rings. The predicted octanol–water partition coefficient (Wildman–Crippen LogP) is 2.53. The number of nitrogens with zero attached hydrogens (tertiary/aromatic N) is 1. The van der Waals surface area contributed by atoms with E-state index in [9.17, 15) is 4.79 Å². The van der Waals surface area contributed by atoms with E-state index in [2.05, 4.69) is 10.3 Å². The number of hydrogen-bond donors (Lipinski definition) is 1. The Morgan fingerprint density at radius 1 is 1.62 bits per heavy atom. The molecule has 1 unspecified atom stereocenters. The van der Waals surface area contributed by atoms with Crippen LogP contribution in [0.1, 0.15) is 36.3 Å². The Labute approximate surface area is 101 Å². The lowest BCUT2D eigenvalue weighted by Crippen LogP contribution is -2.47. The Morgan fingerprint density at radius 2 is 2.31 bits per heavy atom. The molecule has 4 heteroatoms. The van der Waals surface area contributed by atoms with Gasteiger partial charge in [-0.1, -0.05) is 13.0 Å². The van der Waals surface area contributed by atoms with E-state index in [0.29, 0.717) is 11.6 Å². The van der Waals surface area contributed by atoms with Crippen molar-refractivity contribution < 1.29 is 4.79 Å². The highest BCUT2D eigenvalue weighted by Gasteiger charge is 2.24. The molecule has 1 amide bonds. The van der Waals surface area contributed by atoms with Crippen molar-refractivity contribution >= 4 is 17.5 Å². The summed E-state index contributed by atoms with van der Waals surface area (Å²) in [5.41, 5.74) is 0.961. The molecule has 1 atom stereocenters. The van der Waals surface area contributed by atoms with Gasteiger partial charge in [-0.25, -0.2) is 0 Å². The molecule has 16 heavy (non-hydrogen) atoms. The lowest BCUT2D eigenvalue weighted by Gasteiger charge is -2.27. The summed E-state index contributed by atoms with van der Waals surface area (Å²) in [5.74, 6) is 0.226. The Bertz CT molecular complexity index is 375. The zero-order chi connectivity index (χ0) is 12.2. The maximum atomic E-state index is 12.0. The number of nitrogens with one attached hydrogen (secondary N) is 1. The number of carbonyl (C=O) groups excluding carboxylic acids is 1. The smallest absolute Gasteiger partial charge is 0.270 e. The second-order valence-corrected chi connectivity index (χ2v) is 4.44. The molecule has 0 aliphatic rings. The lowest BCUT2D eigenvalue weighted by molar-refractivity contribution is 0.0906. The SMILES string of the molecule is CCC(C)(CCl)NC(=O)c1ncccc1C. The van der Waals surface area contributed by atoms with Crippen molar-refractivity contribution in [3.63, 3.8) is 0 Å². The van der Waals surface area contributed by atoms with Crippen LogP contribution in [0, 0.1) is 6.92 Å². The Morgan fingerprint density at radius 3 is 2.81 bits per heavy atom. The maximum absolute atomic E-state index is 12.0. The molecule has 0 radical (unpaired) electrons. The van der Waals surface area contributed by atoms with E-state index in [1.807, 2.05) is 32.9 Å². The van der Waals surface area contributed by atoms with Crippen LogP contribution in [0.15, 0.2) is 18.3 Å². The predicted molar refractivity (Wildman–Crippen MR) is 65.9 cm³/mol. The first-order valence-corrected chi connectivity index (χ1v) is 5.86. The second kappa shape index (κ2) is 5.30. The Balaban J connectivity index is 2.84. The van der Waals surface area contributed by atoms with Gasteiger partial charge in [0.2, 0.25) is 0 Å². The van der Waals surface area contributed by atoms with Crippen LogP contribution in [0.2, 0.25) is 0 Å². The van der Waals surface area contributed by atoms with E-state index in [-0.39, 0.29) is 11.4 Å². The van der Waals surface area contributed by atoms with Gasteiger partial charge in [-0.15, -0.1) is 11.6 Å². The molecular weight excluding hydrogens is 224 g/mol. The number of hydrogen-bond acceptors (Lipinski definition) is 2. The van der Waals surface area contributed by atoms with Gasteiger partial charge < -0.3 is 5.32 Å². The first-order chi connectivity index (χ1) is 7.52. The number of halogens is 1. The van der Waals surface area contributed by atoms with E-state index >= 15 is 0 Å². The minimum absolute atomic E-state index is 0.164. The van der Waals surface area contributed by atoms with Crippen molar-refractivity contribution in [1.29, 1.82) is 0 Å². The number of rotatable bonds is 4. The summed E-state index contributed by atoms with van der Waals surface area (Å²) in [5, 5.41) is 2.92. The fourth-order valence-corrected chi connectivity index (χ4v) is 1.53. The normalized spacial score (nSPS) is 14.2. The summed E-state index contributed by atoms with van der Waals surface area (Å²) >= 11 is 5.85. The van der Waals surface area contributed by atoms with Gasteiger partial charge in [0.1, 0.15) is 5.69 Å². The Hall–Kier alpha value is -1.09. The molecule has 1 aromatic rings. The van der Waals surface area contributed by atoms with Crippen molar-refractivity contribution in [3.8, 4) is 0 Å². The van der Waals surface area contributed by atoms with Gasteiger partial charge in [0.15, 0.2) is 0 Å². The molecule has 3 nitrogen and oxygen atoms in total. The van der Waals surface area contributed by atoms with Crippen molar-refractivity contribution in [1.82, 2.24) is 10.3 Å². The molecule has 1 heterocycles. The molecule has 0 aromatic carbocycles. The summed E-state index contributed by atoms with van der Waals surface area (Å²) in [4.78, 5) is 16.0. The number of aryl methyl sites for hydroxylation is 1. The number of carbonyl (C=O) groups is 1. The van der Waals surface area contributed by atoms with Gasteiger partial charge in [0.25, 0.3) is 5.91 Å². The van der Waals surface area contributed by atoms with Crippen molar-refractivity contribution in [3.05, 3.63) is 29.6 Å². The third-order valence-electron chi connectivity index (χ3n) is 2.72. The summed E-state index contributed by atoms with van der Waals surface area (Å²) in [7, 11) is 0. The summed E-state index contributed by atoms with van der Waals surface area (Å²) < 4.78 is 0. The van der Waals surface area contributed by atoms with E-state index in [4.69, 9.17) is 11.6 Å². The monoisotopic (exact) mass is 240 g/mol. The topological polar surface area (TPSA) is 42.0 Å². The van der Waals surface area contributed by atoms with E-state index in [1.54, 1.807) is 6.20 Å². The standard InChI is InChI=1S/C12H17ClN2O/c1-4-12(3,8-13)15-11(16)10-9(2)6-5-7-14-10/h5-7H,4,8H2,1-3H3,(H,15,16). The van der Waals surface area contributed by atoms with Crippen LogP contribution in [0.5, 0.6) is 0 Å². The van der Waals surface area contributed by atoms with E-state index in [0.717, 1.165) is 12.0 Å². The molecule has 0 aliphatic carbocycles. The molecule has 0 spiro atoms. The average Bonchev–Trinajstić information content (AvgIpc) is 2.29. The zero-order valence-electron chi connectivity index (χ0n) is 9.88. The van der Waals surface area contributed by atoms with E-state index in [1.165, 1.54) is 0 Å². The number of alkyl halides is 1. The lowest BCUT2D eigenvalue weighted by atomic mass is 10.0. The van der Waals surface area contributed by atoms with Crippen molar-refractivity contribution in [2.45, 2.75) is 32.7 Å². The summed E-state index contributed by atoms with van der Waals surface area (Å²) in [6.07, 6.45) is 2.40. The highest BCUT2D eigenvalue weighted by molar-refractivity contribution is 6.18. The van der Waals surface area contributed by atoms with Crippen LogP contribution in [0.4, 0.5) is 0 Å². The molecule has 1 aromatic heterocycles. The highest BCUT2D eigenvalue weighted by Crippen LogP contribution is 2.13. The molecule has 0 saturated heterocycles. The minimum atomic E-state index is -0.372. The van der Waals surface area contributed by atoms with Gasteiger partial charge in [-0.05, 0) is 31.9 Å². The van der Waals surface area contributed by atoms with Crippen molar-refractivity contribution in [2.75, 3.05) is 5.88 Å². The number of aromatic nitrogens is 1. The molecule has 88 valence electrons. The first kappa shape index (κ1) is 13.0. The summed E-state index contributed by atoms with van der Waals surface area (Å²) in [6.45, 7) is 5.79. The molecule has 0 saturated carbocycles. The quantitative estimate of drug-likeness (QED) is 0.822. The maximum Gasteiger partial charge on any atom is 0.270 e. The van der Waals surface area contributed by atoms with Gasteiger partial charge in [0, 0.05) is 12.1 Å². The van der Waals surface area contributed by atoms with Gasteiger partial charge in [0.05, 0.1) is 5.54 Å². The van der Waals surface area contributed by atoms with Crippen LogP contribution < -0.4 is 5.32 Å². The molecule has 0 bridgehead atoms. The largest absolute Gasteiger partial charge is 0.344 e. The van der Waals surface area contributed by atoms with Crippen LogP contribution in [0.25, 0.3) is 0 Å². The molecule has 1 N–H and O–H groups in total. The summed E-state index contributed by atoms with van der Waals surface area (Å²) in [6, 6.07) is 3.68. The highest BCUT2D eigenvalue weighted by atomic mass is 35.5. The fraction of sp³-hybridized carbons (Fsp3) is 0.500. The van der Waals surface area contributed by atoms with Crippen LogP contribution >= 0.6 is 11.6 Å².